The average molecular weight is 496 g/mol. The maximum Gasteiger partial charge on any atom is 0.253 e. The smallest absolute Gasteiger partial charge is 0.253 e. The molecule has 2 heterocycles. The third kappa shape index (κ3) is 5.31. The van der Waals surface area contributed by atoms with Gasteiger partial charge in [0.25, 0.3) is 5.91 Å². The predicted octanol–water partition coefficient (Wildman–Crippen LogP) is 5.31. The van der Waals surface area contributed by atoms with Gasteiger partial charge < -0.3 is 4.90 Å². The maximum absolute atomic E-state index is 13.3. The molecule has 4 nitrogen and oxygen atoms in total. The number of hydrogen-bond donors (Lipinski definition) is 0. The summed E-state index contributed by atoms with van der Waals surface area (Å²) in [6.07, 6.45) is 5.60. The molecule has 1 unspecified atom stereocenters. The van der Waals surface area contributed by atoms with Gasteiger partial charge in [0, 0.05) is 31.0 Å². The number of carbonyl (C=O) groups is 1. The lowest BCUT2D eigenvalue weighted by Crippen LogP contribution is -2.36. The summed E-state index contributed by atoms with van der Waals surface area (Å²) in [5, 5.41) is 6.60. The topological polar surface area (TPSA) is 35.9 Å². The quantitative estimate of drug-likeness (QED) is 0.537. The first-order valence-corrected chi connectivity index (χ1v) is 14.3. The van der Waals surface area contributed by atoms with Crippen molar-refractivity contribution >= 4 is 51.7 Å². The van der Waals surface area contributed by atoms with E-state index in [1.807, 2.05) is 30.0 Å². The number of fused-ring (bicyclic) bond motifs is 1. The summed E-state index contributed by atoms with van der Waals surface area (Å²) in [6.45, 7) is 1.95. The van der Waals surface area contributed by atoms with Crippen LogP contribution >= 0.6 is 35.7 Å². The van der Waals surface area contributed by atoms with Crippen LogP contribution in [0.1, 0.15) is 47.6 Å². The predicted molar refractivity (Wildman–Crippen MR) is 144 cm³/mol. The lowest BCUT2D eigenvalue weighted by atomic mass is 9.89. The van der Waals surface area contributed by atoms with Crippen molar-refractivity contribution in [2.45, 2.75) is 38.1 Å². The molecule has 1 amide bonds. The largest absolute Gasteiger partial charge is 0.356 e. The normalized spacial score (nSPS) is 20.4. The number of hydrazone groups is 1. The van der Waals surface area contributed by atoms with Crippen LogP contribution in [-0.2, 0) is 17.6 Å². The van der Waals surface area contributed by atoms with Crippen molar-refractivity contribution in [2.75, 3.05) is 30.3 Å². The standard InChI is InChI=1S/C26H29N3OS3/c30-25(18-33-26(31)28-12-14-32-15-13-28)29-24(20-7-2-1-3-8-20)17-23(27-29)22-11-10-19-6-4-5-9-21(19)16-22/h1-3,7-8,10-11,16,24H,4-6,9,12-15,17-18H2. The third-order valence-electron chi connectivity index (χ3n) is 6.62. The molecule has 0 spiro atoms. The number of thiocarbonyl (C=S) groups is 1. The minimum Gasteiger partial charge on any atom is -0.356 e. The number of thioether (sulfide) groups is 2. The first-order valence-electron chi connectivity index (χ1n) is 11.7. The number of amides is 1. The Bertz CT molecular complexity index is 1050. The SMILES string of the molecule is O=C(CSC(=S)N1CCSCC1)N1N=C(c2ccc3c(c2)CCCC3)CC1c1ccccc1. The molecule has 1 fully saturated rings. The highest BCUT2D eigenvalue weighted by atomic mass is 32.2. The first-order chi connectivity index (χ1) is 16.2. The Balaban J connectivity index is 1.34. The van der Waals surface area contributed by atoms with E-state index in [2.05, 4.69) is 35.2 Å². The van der Waals surface area contributed by atoms with Gasteiger partial charge in [0.1, 0.15) is 4.32 Å². The number of benzene rings is 2. The van der Waals surface area contributed by atoms with Gasteiger partial charge in [0.15, 0.2) is 0 Å². The summed E-state index contributed by atoms with van der Waals surface area (Å²) in [4.78, 5) is 15.6. The van der Waals surface area contributed by atoms with E-state index in [0.717, 1.165) is 58.6 Å². The van der Waals surface area contributed by atoms with Crippen molar-refractivity contribution in [1.82, 2.24) is 9.91 Å². The van der Waals surface area contributed by atoms with E-state index >= 15 is 0 Å². The van der Waals surface area contributed by atoms with E-state index in [-0.39, 0.29) is 11.9 Å². The van der Waals surface area contributed by atoms with Crippen molar-refractivity contribution in [1.29, 1.82) is 0 Å². The molecule has 5 rings (SSSR count). The fraction of sp³-hybridized carbons (Fsp3) is 0.423. The van der Waals surface area contributed by atoms with Gasteiger partial charge >= 0.3 is 0 Å². The second kappa shape index (κ2) is 10.6. The van der Waals surface area contributed by atoms with Crippen LogP contribution in [0.4, 0.5) is 0 Å². The molecule has 2 aromatic rings. The number of nitrogens with zero attached hydrogens (tertiary/aromatic N) is 3. The highest BCUT2D eigenvalue weighted by molar-refractivity contribution is 8.23. The van der Waals surface area contributed by atoms with Crippen LogP contribution < -0.4 is 0 Å². The van der Waals surface area contributed by atoms with Crippen LogP contribution in [0.3, 0.4) is 0 Å². The fourth-order valence-corrected chi connectivity index (χ4v) is 6.80. The highest BCUT2D eigenvalue weighted by Gasteiger charge is 2.33. The summed E-state index contributed by atoms with van der Waals surface area (Å²) in [6, 6.07) is 17.0. The molecule has 33 heavy (non-hydrogen) atoms. The second-order valence-electron chi connectivity index (χ2n) is 8.76. The van der Waals surface area contributed by atoms with Crippen LogP contribution in [0.2, 0.25) is 0 Å². The monoisotopic (exact) mass is 495 g/mol. The van der Waals surface area contributed by atoms with Gasteiger partial charge in [0.2, 0.25) is 0 Å². The molecule has 0 saturated carbocycles. The Hall–Kier alpha value is -1.83. The van der Waals surface area contributed by atoms with Crippen molar-refractivity contribution < 1.29 is 4.79 Å². The zero-order valence-electron chi connectivity index (χ0n) is 18.7. The molecule has 1 saturated heterocycles. The van der Waals surface area contributed by atoms with Gasteiger partial charge in [-0.25, -0.2) is 5.01 Å². The Morgan fingerprint density at radius 1 is 1.06 bits per heavy atom. The zero-order chi connectivity index (χ0) is 22.6. The first kappa shape index (κ1) is 22.9. The Kier molecular flexibility index (Phi) is 7.38. The van der Waals surface area contributed by atoms with Gasteiger partial charge in [0.05, 0.1) is 17.5 Å². The van der Waals surface area contributed by atoms with E-state index in [1.54, 1.807) is 5.01 Å². The summed E-state index contributed by atoms with van der Waals surface area (Å²) in [5.41, 5.74) is 6.20. The van der Waals surface area contributed by atoms with E-state index in [9.17, 15) is 4.79 Å². The molecule has 0 aromatic heterocycles. The van der Waals surface area contributed by atoms with Crippen LogP contribution in [-0.4, -0.2) is 56.2 Å². The van der Waals surface area contributed by atoms with Gasteiger partial charge in [-0.2, -0.15) is 16.9 Å². The summed E-state index contributed by atoms with van der Waals surface area (Å²) in [5.74, 6) is 2.55. The van der Waals surface area contributed by atoms with E-state index in [4.69, 9.17) is 17.3 Å². The average Bonchev–Trinajstić information content (AvgIpc) is 3.33. The highest BCUT2D eigenvalue weighted by Crippen LogP contribution is 2.34. The molecule has 1 atom stereocenters. The van der Waals surface area contributed by atoms with E-state index in [1.165, 1.54) is 42.2 Å². The van der Waals surface area contributed by atoms with Crippen LogP contribution in [0.5, 0.6) is 0 Å². The summed E-state index contributed by atoms with van der Waals surface area (Å²) in [7, 11) is 0. The maximum atomic E-state index is 13.3. The molecular weight excluding hydrogens is 467 g/mol. The second-order valence-corrected chi connectivity index (χ2v) is 11.6. The van der Waals surface area contributed by atoms with Crippen LogP contribution in [0, 0.1) is 0 Å². The lowest BCUT2D eigenvalue weighted by Gasteiger charge is -2.28. The van der Waals surface area contributed by atoms with Gasteiger partial charge in [-0.1, -0.05) is 66.4 Å². The minimum absolute atomic E-state index is 0.0237. The van der Waals surface area contributed by atoms with Crippen molar-refractivity contribution in [3.63, 3.8) is 0 Å². The van der Waals surface area contributed by atoms with Crippen molar-refractivity contribution in [3.8, 4) is 0 Å². The lowest BCUT2D eigenvalue weighted by molar-refractivity contribution is -0.130. The Morgan fingerprint density at radius 3 is 2.61 bits per heavy atom. The van der Waals surface area contributed by atoms with Crippen molar-refractivity contribution in [3.05, 3.63) is 70.8 Å². The van der Waals surface area contributed by atoms with Gasteiger partial charge in [-0.15, -0.1) is 0 Å². The fourth-order valence-electron chi connectivity index (χ4n) is 4.79. The Labute approximate surface area is 210 Å². The zero-order valence-corrected chi connectivity index (χ0v) is 21.2. The number of carbonyl (C=O) groups excluding carboxylic acids is 1. The molecular formula is C26H29N3OS3. The van der Waals surface area contributed by atoms with E-state index < -0.39 is 0 Å². The molecule has 0 bridgehead atoms. The molecule has 2 aromatic carbocycles. The number of rotatable bonds is 4. The Morgan fingerprint density at radius 2 is 1.82 bits per heavy atom. The minimum atomic E-state index is -0.0645. The molecule has 1 aliphatic carbocycles. The van der Waals surface area contributed by atoms with E-state index in [0.29, 0.717) is 5.75 Å². The van der Waals surface area contributed by atoms with Gasteiger partial charge in [-0.3, -0.25) is 4.79 Å². The summed E-state index contributed by atoms with van der Waals surface area (Å²) >= 11 is 9.06. The van der Waals surface area contributed by atoms with Gasteiger partial charge in [-0.05, 0) is 54.0 Å². The number of aryl methyl sites for hydroxylation is 2. The van der Waals surface area contributed by atoms with Crippen LogP contribution in [0.25, 0.3) is 0 Å². The molecule has 7 heteroatoms. The third-order valence-corrected chi connectivity index (χ3v) is 9.07. The molecule has 2 aliphatic heterocycles. The molecule has 0 radical (unpaired) electrons. The molecule has 0 N–H and O–H groups in total. The number of hydrogen-bond acceptors (Lipinski definition) is 5. The summed E-state index contributed by atoms with van der Waals surface area (Å²) < 4.78 is 0.831. The van der Waals surface area contributed by atoms with Crippen LogP contribution in [0.15, 0.2) is 53.6 Å². The molecule has 172 valence electrons. The molecule has 3 aliphatic rings. The van der Waals surface area contributed by atoms with Crippen molar-refractivity contribution in [2.24, 2.45) is 5.10 Å².